The lowest BCUT2D eigenvalue weighted by Crippen LogP contribution is -2.44. The van der Waals surface area contributed by atoms with E-state index in [0.717, 1.165) is 19.6 Å². The van der Waals surface area contributed by atoms with E-state index in [-0.39, 0.29) is 0 Å². The number of hydrogen-bond donors (Lipinski definition) is 1. The first-order chi connectivity index (χ1) is 7.68. The molecule has 1 fully saturated rings. The number of nitrogens with zero attached hydrogens (tertiary/aromatic N) is 1. The predicted molar refractivity (Wildman–Crippen MR) is 68.8 cm³/mol. The average molecular weight is 218 g/mol. The van der Waals surface area contributed by atoms with Gasteiger partial charge in [0.05, 0.1) is 0 Å². The Labute approximate surface area is 98.7 Å². The molecular formula is C14H22N2. The first-order valence-electron chi connectivity index (χ1n) is 6.19. The molecule has 0 spiro atoms. The minimum absolute atomic E-state index is 0.498. The van der Waals surface area contributed by atoms with E-state index < -0.39 is 0 Å². The maximum absolute atomic E-state index is 3.62. The van der Waals surface area contributed by atoms with Gasteiger partial charge in [-0.15, -0.1) is 0 Å². The van der Waals surface area contributed by atoms with Crippen LogP contribution in [0.15, 0.2) is 24.3 Å². The zero-order valence-electron chi connectivity index (χ0n) is 10.5. The molecule has 1 N–H and O–H groups in total. The van der Waals surface area contributed by atoms with Gasteiger partial charge < -0.3 is 10.2 Å². The summed E-state index contributed by atoms with van der Waals surface area (Å²) in [5, 5.41) is 3.62. The lowest BCUT2D eigenvalue weighted by molar-refractivity contribution is 0.240. The highest BCUT2D eigenvalue weighted by molar-refractivity contribution is 5.33. The molecule has 1 aromatic carbocycles. The largest absolute Gasteiger partial charge is 0.308 e. The second-order valence-corrected chi connectivity index (χ2v) is 5.05. The summed E-state index contributed by atoms with van der Waals surface area (Å²) in [4.78, 5) is 2.40. The fourth-order valence-corrected chi connectivity index (χ4v) is 2.46. The van der Waals surface area contributed by atoms with Crippen LogP contribution in [0.1, 0.15) is 36.9 Å². The Hall–Kier alpha value is -0.860. The normalized spacial score (nSPS) is 22.6. The van der Waals surface area contributed by atoms with Crippen LogP contribution in [0.5, 0.6) is 0 Å². The molecule has 0 saturated carbocycles. The summed E-state index contributed by atoms with van der Waals surface area (Å²) in [7, 11) is 2.20. The molecule has 2 heteroatoms. The van der Waals surface area contributed by atoms with Crippen LogP contribution in [0.4, 0.5) is 0 Å². The van der Waals surface area contributed by atoms with E-state index in [4.69, 9.17) is 0 Å². The van der Waals surface area contributed by atoms with Crippen LogP contribution in [-0.2, 0) is 0 Å². The molecule has 1 aliphatic rings. The number of piperazine rings is 1. The summed E-state index contributed by atoms with van der Waals surface area (Å²) in [5.41, 5.74) is 2.96. The van der Waals surface area contributed by atoms with E-state index >= 15 is 0 Å². The molecule has 1 heterocycles. The van der Waals surface area contributed by atoms with Crippen LogP contribution >= 0.6 is 0 Å². The van der Waals surface area contributed by atoms with Crippen LogP contribution in [-0.4, -0.2) is 31.6 Å². The highest BCUT2D eigenvalue weighted by atomic mass is 15.2. The molecule has 16 heavy (non-hydrogen) atoms. The zero-order valence-corrected chi connectivity index (χ0v) is 10.5. The summed E-state index contributed by atoms with van der Waals surface area (Å²) in [5.74, 6) is 0.602. The Morgan fingerprint density at radius 2 is 2.06 bits per heavy atom. The second kappa shape index (κ2) is 4.98. The van der Waals surface area contributed by atoms with Crippen molar-refractivity contribution in [1.82, 2.24) is 10.2 Å². The highest BCUT2D eigenvalue weighted by Crippen LogP contribution is 2.26. The predicted octanol–water partition coefficient (Wildman–Crippen LogP) is 2.39. The third-order valence-corrected chi connectivity index (χ3v) is 3.37. The molecular weight excluding hydrogens is 196 g/mol. The van der Waals surface area contributed by atoms with Crippen molar-refractivity contribution < 1.29 is 0 Å². The average Bonchev–Trinajstić information content (AvgIpc) is 2.29. The molecule has 2 nitrogen and oxygen atoms in total. The minimum Gasteiger partial charge on any atom is -0.308 e. The fourth-order valence-electron chi connectivity index (χ4n) is 2.46. The molecule has 1 aromatic rings. The molecule has 2 rings (SSSR count). The lowest BCUT2D eigenvalue weighted by Gasteiger charge is -2.32. The van der Waals surface area contributed by atoms with Gasteiger partial charge in [-0.05, 0) is 24.1 Å². The van der Waals surface area contributed by atoms with E-state index in [2.05, 4.69) is 55.4 Å². The van der Waals surface area contributed by atoms with Crippen molar-refractivity contribution in [2.45, 2.75) is 25.8 Å². The zero-order chi connectivity index (χ0) is 11.5. The van der Waals surface area contributed by atoms with Gasteiger partial charge >= 0.3 is 0 Å². The first kappa shape index (κ1) is 11.6. The van der Waals surface area contributed by atoms with Gasteiger partial charge in [0, 0.05) is 25.7 Å². The first-order valence-corrected chi connectivity index (χ1v) is 6.19. The third-order valence-electron chi connectivity index (χ3n) is 3.37. The fraction of sp³-hybridized carbons (Fsp3) is 0.571. The van der Waals surface area contributed by atoms with Crippen LogP contribution in [0.2, 0.25) is 0 Å². The monoisotopic (exact) mass is 218 g/mol. The standard InChI is InChI=1S/C14H22N2/c1-11(2)12-6-4-5-7-13(12)14-10-16(3)9-8-15-14/h4-7,11,14-15H,8-10H2,1-3H3/t14-/m1/s1. The van der Waals surface area contributed by atoms with Crippen molar-refractivity contribution in [1.29, 1.82) is 0 Å². The molecule has 0 amide bonds. The number of likely N-dealkylation sites (N-methyl/N-ethyl adjacent to an activating group) is 1. The summed E-state index contributed by atoms with van der Waals surface area (Å²) in [6.07, 6.45) is 0. The molecule has 0 bridgehead atoms. The smallest absolute Gasteiger partial charge is 0.0452 e. The molecule has 1 saturated heterocycles. The van der Waals surface area contributed by atoms with E-state index in [1.165, 1.54) is 11.1 Å². The Morgan fingerprint density at radius 3 is 2.75 bits per heavy atom. The van der Waals surface area contributed by atoms with Crippen molar-refractivity contribution in [3.05, 3.63) is 35.4 Å². The van der Waals surface area contributed by atoms with Gasteiger partial charge in [-0.3, -0.25) is 0 Å². The number of rotatable bonds is 2. The molecule has 0 unspecified atom stereocenters. The summed E-state index contributed by atoms with van der Waals surface area (Å²) in [6, 6.07) is 9.32. The van der Waals surface area contributed by atoms with E-state index in [1.54, 1.807) is 0 Å². The van der Waals surface area contributed by atoms with Crippen LogP contribution in [0, 0.1) is 0 Å². The number of hydrogen-bond acceptors (Lipinski definition) is 2. The van der Waals surface area contributed by atoms with Gasteiger partial charge in [0.15, 0.2) is 0 Å². The van der Waals surface area contributed by atoms with Crippen molar-refractivity contribution in [2.24, 2.45) is 0 Å². The van der Waals surface area contributed by atoms with Gasteiger partial charge in [-0.2, -0.15) is 0 Å². The van der Waals surface area contributed by atoms with Gasteiger partial charge in [0.1, 0.15) is 0 Å². The van der Waals surface area contributed by atoms with Crippen LogP contribution < -0.4 is 5.32 Å². The topological polar surface area (TPSA) is 15.3 Å². The van der Waals surface area contributed by atoms with Crippen LogP contribution in [0.3, 0.4) is 0 Å². The Morgan fingerprint density at radius 1 is 1.31 bits per heavy atom. The summed E-state index contributed by atoms with van der Waals surface area (Å²) >= 11 is 0. The molecule has 1 atom stereocenters. The van der Waals surface area contributed by atoms with E-state index in [0.29, 0.717) is 12.0 Å². The van der Waals surface area contributed by atoms with Gasteiger partial charge in [-0.1, -0.05) is 38.1 Å². The maximum atomic E-state index is 3.62. The van der Waals surface area contributed by atoms with Crippen molar-refractivity contribution in [3.8, 4) is 0 Å². The molecule has 0 radical (unpaired) electrons. The Kier molecular flexibility index (Phi) is 3.62. The second-order valence-electron chi connectivity index (χ2n) is 5.05. The third kappa shape index (κ3) is 2.45. The SMILES string of the molecule is CC(C)c1ccccc1[C@H]1CN(C)CCN1. The Balaban J connectivity index is 2.25. The molecule has 0 aromatic heterocycles. The highest BCUT2D eigenvalue weighted by Gasteiger charge is 2.20. The van der Waals surface area contributed by atoms with Crippen molar-refractivity contribution >= 4 is 0 Å². The van der Waals surface area contributed by atoms with Gasteiger partial charge in [0.2, 0.25) is 0 Å². The van der Waals surface area contributed by atoms with E-state index in [9.17, 15) is 0 Å². The summed E-state index contributed by atoms with van der Waals surface area (Å²) in [6.45, 7) is 7.90. The van der Waals surface area contributed by atoms with Crippen molar-refractivity contribution in [3.63, 3.8) is 0 Å². The van der Waals surface area contributed by atoms with Crippen molar-refractivity contribution in [2.75, 3.05) is 26.7 Å². The Bertz CT molecular complexity index is 346. The minimum atomic E-state index is 0.498. The van der Waals surface area contributed by atoms with Gasteiger partial charge in [0.25, 0.3) is 0 Å². The quantitative estimate of drug-likeness (QED) is 0.820. The lowest BCUT2D eigenvalue weighted by atomic mass is 9.92. The molecule has 88 valence electrons. The number of benzene rings is 1. The molecule has 0 aliphatic carbocycles. The van der Waals surface area contributed by atoms with E-state index in [1.807, 2.05) is 0 Å². The van der Waals surface area contributed by atoms with Crippen LogP contribution in [0.25, 0.3) is 0 Å². The molecule has 1 aliphatic heterocycles. The van der Waals surface area contributed by atoms with Gasteiger partial charge in [-0.25, -0.2) is 0 Å². The summed E-state index contributed by atoms with van der Waals surface area (Å²) < 4.78 is 0. The maximum Gasteiger partial charge on any atom is 0.0452 e. The number of nitrogens with one attached hydrogen (secondary N) is 1.